The highest BCUT2D eigenvalue weighted by Gasteiger charge is 2.43. The van der Waals surface area contributed by atoms with E-state index in [1.165, 1.54) is 0 Å². The molecule has 0 amide bonds. The molecule has 3 aromatic rings. The molecule has 164 valence electrons. The number of quaternary nitrogens is 1. The highest BCUT2D eigenvalue weighted by molar-refractivity contribution is 5.95. The average Bonchev–Trinajstić information content (AvgIpc) is 3.09. The minimum atomic E-state index is -2.02. The number of hydrogen-bond donors (Lipinski definition) is 0. The van der Waals surface area contributed by atoms with Crippen molar-refractivity contribution in [2.24, 2.45) is 0 Å². The Bertz CT molecular complexity index is 1090. The Morgan fingerprint density at radius 1 is 1.12 bits per heavy atom. The van der Waals surface area contributed by atoms with Gasteiger partial charge in [-0.05, 0) is 34.7 Å². The Morgan fingerprint density at radius 3 is 2.47 bits per heavy atom. The first-order valence-electron chi connectivity index (χ1n) is 11.2. The minimum Gasteiger partial charge on any atom is -0.834 e. The number of aromatic nitrogens is 2. The van der Waals surface area contributed by atoms with E-state index >= 15 is 0 Å². The van der Waals surface area contributed by atoms with Gasteiger partial charge in [0.1, 0.15) is 12.9 Å². The van der Waals surface area contributed by atoms with Gasteiger partial charge in [-0.1, -0.05) is 48.5 Å². The van der Waals surface area contributed by atoms with E-state index in [4.69, 9.17) is 4.74 Å². The second-order valence-corrected chi connectivity index (χ2v) is 9.14. The monoisotopic (exact) mass is 429 g/mol. The van der Waals surface area contributed by atoms with Gasteiger partial charge in [0.2, 0.25) is 0 Å². The standard InChI is InChI=1S/C26H27N3O3/c1-29(16-13-19-12-14-27-18-28-19)15-6-7-20(17-29)32-25(30)26(31)23-10-4-2-8-21(23)22-9-3-5-11-24(22)26/h2-5,8-12,14,18,20H,6-7,13,15-17H2,1H3/t20?,29-/m1/s1. The Hall–Kier alpha value is -3.09. The van der Waals surface area contributed by atoms with Crippen LogP contribution in [0.4, 0.5) is 0 Å². The van der Waals surface area contributed by atoms with Gasteiger partial charge < -0.3 is 14.3 Å². The molecule has 0 spiro atoms. The molecule has 2 aliphatic rings. The largest absolute Gasteiger partial charge is 0.834 e. The number of nitrogens with zero attached hydrogens (tertiary/aromatic N) is 3. The lowest BCUT2D eigenvalue weighted by Gasteiger charge is -2.43. The molecule has 32 heavy (non-hydrogen) atoms. The van der Waals surface area contributed by atoms with E-state index in [1.807, 2.05) is 42.5 Å². The Morgan fingerprint density at radius 2 is 1.81 bits per heavy atom. The maximum absolute atomic E-state index is 14.1. The normalized spacial score (nSPS) is 23.2. The maximum atomic E-state index is 14.1. The lowest BCUT2D eigenvalue weighted by atomic mass is 9.91. The fourth-order valence-corrected chi connectivity index (χ4v) is 5.17. The number of ether oxygens (including phenoxy) is 1. The van der Waals surface area contributed by atoms with Crippen LogP contribution in [0.25, 0.3) is 11.1 Å². The van der Waals surface area contributed by atoms with Crippen LogP contribution in [-0.2, 0) is 21.6 Å². The van der Waals surface area contributed by atoms with Crippen LogP contribution in [0.1, 0.15) is 29.7 Å². The number of esters is 1. The van der Waals surface area contributed by atoms with E-state index < -0.39 is 11.6 Å². The fourth-order valence-electron chi connectivity index (χ4n) is 5.17. The van der Waals surface area contributed by atoms with Crippen molar-refractivity contribution in [3.63, 3.8) is 0 Å². The molecule has 5 rings (SSSR count). The molecule has 6 heteroatoms. The van der Waals surface area contributed by atoms with E-state index in [9.17, 15) is 9.90 Å². The number of piperidine rings is 1. The average molecular weight is 430 g/mol. The van der Waals surface area contributed by atoms with Gasteiger partial charge in [0.05, 0.1) is 20.1 Å². The number of likely N-dealkylation sites (N-methyl/N-ethyl adjacent to an activating group) is 1. The summed E-state index contributed by atoms with van der Waals surface area (Å²) in [4.78, 5) is 21.7. The molecular formula is C26H27N3O3. The van der Waals surface area contributed by atoms with Gasteiger partial charge in [0, 0.05) is 30.3 Å². The van der Waals surface area contributed by atoms with Crippen LogP contribution < -0.4 is 5.11 Å². The second kappa shape index (κ2) is 8.11. The predicted octanol–water partition coefficient (Wildman–Crippen LogP) is 2.46. The minimum absolute atomic E-state index is 0.266. The summed E-state index contributed by atoms with van der Waals surface area (Å²) >= 11 is 0. The van der Waals surface area contributed by atoms with Gasteiger partial charge in [-0.15, -0.1) is 0 Å². The Labute approximate surface area is 188 Å². The predicted molar refractivity (Wildman–Crippen MR) is 118 cm³/mol. The van der Waals surface area contributed by atoms with Gasteiger partial charge in [0.15, 0.2) is 6.10 Å². The highest BCUT2D eigenvalue weighted by atomic mass is 16.6. The van der Waals surface area contributed by atoms with Crippen LogP contribution in [0.5, 0.6) is 0 Å². The molecule has 6 nitrogen and oxygen atoms in total. The molecule has 1 aliphatic carbocycles. The first-order chi connectivity index (χ1) is 15.5. The Kier molecular flexibility index (Phi) is 5.27. The van der Waals surface area contributed by atoms with E-state index in [1.54, 1.807) is 24.7 Å². The quantitative estimate of drug-likeness (QED) is 0.460. The summed E-state index contributed by atoms with van der Waals surface area (Å²) in [6.45, 7) is 2.63. The molecule has 0 N–H and O–H groups in total. The fraction of sp³-hybridized carbons (Fsp3) is 0.346. The number of fused-ring (bicyclic) bond motifs is 3. The summed E-state index contributed by atoms with van der Waals surface area (Å²) in [6.07, 6.45) is 5.64. The lowest BCUT2D eigenvalue weighted by Crippen LogP contribution is -2.56. The molecule has 2 heterocycles. The molecular weight excluding hydrogens is 402 g/mol. The van der Waals surface area contributed by atoms with Gasteiger partial charge >= 0.3 is 5.97 Å². The van der Waals surface area contributed by atoms with Crippen molar-refractivity contribution < 1.29 is 19.1 Å². The zero-order valence-electron chi connectivity index (χ0n) is 18.2. The summed E-state index contributed by atoms with van der Waals surface area (Å²) in [5.74, 6) is -0.691. The van der Waals surface area contributed by atoms with E-state index in [-0.39, 0.29) is 6.10 Å². The lowest BCUT2D eigenvalue weighted by molar-refractivity contribution is -0.916. The van der Waals surface area contributed by atoms with Crippen molar-refractivity contribution in [2.45, 2.75) is 31.0 Å². The van der Waals surface area contributed by atoms with E-state index in [2.05, 4.69) is 17.0 Å². The third-order valence-corrected chi connectivity index (χ3v) is 6.88. The molecule has 1 saturated heterocycles. The topological polar surface area (TPSA) is 75.1 Å². The molecule has 1 aromatic heterocycles. The first kappa shape index (κ1) is 20.8. The van der Waals surface area contributed by atoms with Crippen LogP contribution in [0, 0.1) is 0 Å². The molecule has 0 bridgehead atoms. The number of hydrogen-bond acceptors (Lipinski definition) is 5. The van der Waals surface area contributed by atoms with Crippen molar-refractivity contribution in [1.29, 1.82) is 0 Å². The summed E-state index contributed by atoms with van der Waals surface area (Å²) in [6, 6.07) is 16.7. The highest BCUT2D eigenvalue weighted by Crippen LogP contribution is 2.46. The molecule has 0 radical (unpaired) electrons. The molecule has 1 unspecified atom stereocenters. The zero-order valence-corrected chi connectivity index (χ0v) is 18.2. The number of carbonyl (C=O) groups excluding carboxylic acids is 1. The number of rotatable bonds is 5. The number of carbonyl (C=O) groups is 1. The first-order valence-corrected chi connectivity index (χ1v) is 11.2. The van der Waals surface area contributed by atoms with Crippen molar-refractivity contribution in [2.75, 3.05) is 26.7 Å². The van der Waals surface area contributed by atoms with Crippen molar-refractivity contribution in [3.8, 4) is 11.1 Å². The van der Waals surface area contributed by atoms with Crippen LogP contribution >= 0.6 is 0 Å². The van der Waals surface area contributed by atoms with Gasteiger partial charge in [-0.2, -0.15) is 0 Å². The van der Waals surface area contributed by atoms with Crippen LogP contribution in [0.2, 0.25) is 0 Å². The second-order valence-electron chi connectivity index (χ2n) is 9.14. The maximum Gasteiger partial charge on any atom is 0.304 e. The zero-order chi connectivity index (χ0) is 22.2. The smallest absolute Gasteiger partial charge is 0.304 e. The van der Waals surface area contributed by atoms with Gasteiger partial charge in [-0.25, -0.2) is 9.97 Å². The van der Waals surface area contributed by atoms with Gasteiger partial charge in [-0.3, -0.25) is 4.79 Å². The summed E-state index contributed by atoms with van der Waals surface area (Å²) in [5.41, 5.74) is 1.62. The molecule has 0 saturated carbocycles. The van der Waals surface area contributed by atoms with E-state index in [0.29, 0.717) is 17.7 Å². The third-order valence-electron chi connectivity index (χ3n) is 6.88. The number of benzene rings is 2. The summed E-state index contributed by atoms with van der Waals surface area (Å²) in [7, 11) is 2.19. The molecule has 1 fully saturated rings. The van der Waals surface area contributed by atoms with Gasteiger partial charge in [0.25, 0.3) is 0 Å². The van der Waals surface area contributed by atoms with Crippen LogP contribution in [0.3, 0.4) is 0 Å². The summed E-state index contributed by atoms with van der Waals surface area (Å²) < 4.78 is 6.74. The van der Waals surface area contributed by atoms with Crippen molar-refractivity contribution >= 4 is 5.97 Å². The molecule has 1 aliphatic heterocycles. The van der Waals surface area contributed by atoms with Crippen molar-refractivity contribution in [3.05, 3.63) is 83.9 Å². The SMILES string of the molecule is C[N@+]1(CCc2ccncn2)CCCC(OC(=O)C2([O-])c3ccccc3-c3ccccc32)C1. The molecule has 2 atom stereocenters. The van der Waals surface area contributed by atoms with Crippen LogP contribution in [-0.4, -0.2) is 53.2 Å². The number of likely N-dealkylation sites (tertiary alicyclic amines) is 1. The Balaban J connectivity index is 1.34. The third kappa shape index (κ3) is 3.59. The summed E-state index contributed by atoms with van der Waals surface area (Å²) in [5, 5.41) is 14.1. The van der Waals surface area contributed by atoms with Crippen molar-refractivity contribution in [1.82, 2.24) is 9.97 Å². The molecule has 2 aromatic carbocycles. The van der Waals surface area contributed by atoms with Crippen LogP contribution in [0.15, 0.2) is 67.1 Å². The van der Waals surface area contributed by atoms with E-state index in [0.717, 1.165) is 53.7 Å².